The number of aromatic nitrogens is 3. The van der Waals surface area contributed by atoms with Crippen LogP contribution in [0.25, 0.3) is 0 Å². The molecule has 4 rings (SSSR count). The lowest BCUT2D eigenvalue weighted by Gasteiger charge is -2.21. The zero-order valence-corrected chi connectivity index (χ0v) is 14.9. The third-order valence-electron chi connectivity index (χ3n) is 5.26. The number of guanidine groups is 1. The number of likely N-dealkylation sites (tertiary alicyclic amines) is 1. The van der Waals surface area contributed by atoms with E-state index >= 15 is 0 Å². The largest absolute Gasteiger partial charge is 0.349 e. The van der Waals surface area contributed by atoms with Gasteiger partial charge >= 0.3 is 0 Å². The van der Waals surface area contributed by atoms with Gasteiger partial charge in [0.25, 0.3) is 0 Å². The van der Waals surface area contributed by atoms with Crippen LogP contribution in [-0.4, -0.2) is 45.8 Å². The van der Waals surface area contributed by atoms with Gasteiger partial charge in [0.2, 0.25) is 0 Å². The second-order valence-electron chi connectivity index (χ2n) is 6.98. The summed E-state index contributed by atoms with van der Waals surface area (Å²) in [6.45, 7) is 3.86. The molecule has 1 aromatic heterocycles. The molecule has 1 N–H and O–H groups in total. The average molecular weight is 338 g/mol. The van der Waals surface area contributed by atoms with Crippen molar-refractivity contribution >= 4 is 5.96 Å². The molecule has 0 amide bonds. The molecule has 0 aliphatic carbocycles. The second kappa shape index (κ2) is 7.25. The summed E-state index contributed by atoms with van der Waals surface area (Å²) in [5.74, 6) is 3.81. The van der Waals surface area contributed by atoms with Crippen molar-refractivity contribution in [2.75, 3.05) is 20.1 Å². The van der Waals surface area contributed by atoms with Crippen molar-refractivity contribution in [3.63, 3.8) is 0 Å². The van der Waals surface area contributed by atoms with Gasteiger partial charge in [-0.2, -0.15) is 0 Å². The van der Waals surface area contributed by atoms with E-state index in [0.29, 0.717) is 12.5 Å². The van der Waals surface area contributed by atoms with E-state index in [0.717, 1.165) is 50.1 Å². The Bertz CT molecular complexity index is 736. The molecular formula is C19H26N6. The molecule has 1 unspecified atom stereocenters. The smallest absolute Gasteiger partial charge is 0.194 e. The third kappa shape index (κ3) is 3.52. The number of hydrogen-bond donors (Lipinski definition) is 1. The summed E-state index contributed by atoms with van der Waals surface area (Å²) in [6, 6.07) is 10.8. The molecule has 2 aliphatic rings. The Kier molecular flexibility index (Phi) is 4.68. The van der Waals surface area contributed by atoms with Crippen molar-refractivity contribution in [3.05, 3.63) is 47.5 Å². The number of benzene rings is 1. The molecule has 2 aliphatic heterocycles. The molecule has 0 saturated carbocycles. The van der Waals surface area contributed by atoms with Gasteiger partial charge in [0, 0.05) is 33.1 Å². The minimum absolute atomic E-state index is 0.693. The maximum absolute atomic E-state index is 4.48. The summed E-state index contributed by atoms with van der Waals surface area (Å²) < 4.78 is 2.24. The maximum Gasteiger partial charge on any atom is 0.194 e. The van der Waals surface area contributed by atoms with Gasteiger partial charge in [-0.3, -0.25) is 4.99 Å². The number of fused-ring (bicyclic) bond motifs is 1. The Hall–Kier alpha value is -2.37. The summed E-state index contributed by atoms with van der Waals surface area (Å²) in [6.07, 6.45) is 4.59. The van der Waals surface area contributed by atoms with E-state index in [2.05, 4.69) is 60.3 Å². The van der Waals surface area contributed by atoms with Crippen LogP contribution in [0.15, 0.2) is 35.3 Å². The molecule has 0 spiro atoms. The van der Waals surface area contributed by atoms with Crippen LogP contribution >= 0.6 is 0 Å². The molecule has 1 atom stereocenters. The molecular weight excluding hydrogens is 312 g/mol. The first-order chi connectivity index (χ1) is 12.3. The highest BCUT2D eigenvalue weighted by Crippen LogP contribution is 2.21. The number of nitrogens with zero attached hydrogens (tertiary/aromatic N) is 5. The van der Waals surface area contributed by atoms with Crippen molar-refractivity contribution in [2.45, 2.75) is 38.8 Å². The minimum Gasteiger partial charge on any atom is -0.349 e. The quantitative estimate of drug-likeness (QED) is 0.683. The molecule has 1 saturated heterocycles. The van der Waals surface area contributed by atoms with Crippen LogP contribution in [0.4, 0.5) is 0 Å². The Balaban J connectivity index is 1.32. The highest BCUT2D eigenvalue weighted by Gasteiger charge is 2.25. The molecule has 25 heavy (non-hydrogen) atoms. The second-order valence-corrected chi connectivity index (χ2v) is 6.98. The van der Waals surface area contributed by atoms with Gasteiger partial charge in [-0.15, -0.1) is 10.2 Å². The monoisotopic (exact) mass is 338 g/mol. The van der Waals surface area contributed by atoms with Gasteiger partial charge in [-0.1, -0.05) is 30.3 Å². The normalized spacial score (nSPS) is 20.1. The zero-order chi connectivity index (χ0) is 17.1. The van der Waals surface area contributed by atoms with Gasteiger partial charge in [-0.25, -0.2) is 0 Å². The van der Waals surface area contributed by atoms with Gasteiger partial charge in [0.15, 0.2) is 11.8 Å². The molecule has 3 heterocycles. The van der Waals surface area contributed by atoms with E-state index < -0.39 is 0 Å². The van der Waals surface area contributed by atoms with Crippen LogP contribution in [0.2, 0.25) is 0 Å². The summed E-state index contributed by atoms with van der Waals surface area (Å²) in [5.41, 5.74) is 1.43. The summed E-state index contributed by atoms with van der Waals surface area (Å²) >= 11 is 0. The molecule has 1 fully saturated rings. The van der Waals surface area contributed by atoms with Crippen LogP contribution < -0.4 is 5.32 Å². The van der Waals surface area contributed by atoms with Crippen LogP contribution in [0.1, 0.15) is 30.1 Å². The fourth-order valence-electron chi connectivity index (χ4n) is 3.97. The van der Waals surface area contributed by atoms with E-state index in [9.17, 15) is 0 Å². The Morgan fingerprint density at radius 1 is 1.24 bits per heavy atom. The topological polar surface area (TPSA) is 58.3 Å². The van der Waals surface area contributed by atoms with Crippen molar-refractivity contribution in [3.8, 4) is 0 Å². The molecule has 2 aromatic rings. The standard InChI is InChI=1S/C19H26N6/c1-20-19(21-13-18-23-22-17-8-5-10-25(17)18)24-11-9-16(14-24)12-15-6-3-2-4-7-15/h2-4,6-7,16H,5,8-14H2,1H3,(H,20,21). The lowest BCUT2D eigenvalue weighted by Crippen LogP contribution is -2.40. The highest BCUT2D eigenvalue weighted by molar-refractivity contribution is 5.80. The van der Waals surface area contributed by atoms with Crippen LogP contribution in [0.5, 0.6) is 0 Å². The average Bonchev–Trinajstić information content (AvgIpc) is 3.35. The van der Waals surface area contributed by atoms with E-state index in [4.69, 9.17) is 0 Å². The first kappa shape index (κ1) is 16.1. The number of aryl methyl sites for hydroxylation is 1. The van der Waals surface area contributed by atoms with E-state index in [1.54, 1.807) is 0 Å². The predicted octanol–water partition coefficient (Wildman–Crippen LogP) is 1.86. The van der Waals surface area contributed by atoms with Crippen molar-refractivity contribution in [2.24, 2.45) is 10.9 Å². The SMILES string of the molecule is CN=C(NCc1nnc2n1CCC2)N1CCC(Cc2ccccc2)C1. The zero-order valence-electron chi connectivity index (χ0n) is 14.9. The molecule has 0 radical (unpaired) electrons. The lowest BCUT2D eigenvalue weighted by atomic mass is 9.99. The number of aliphatic imine (C=N–C) groups is 1. The first-order valence-corrected chi connectivity index (χ1v) is 9.24. The highest BCUT2D eigenvalue weighted by atomic mass is 15.3. The molecule has 132 valence electrons. The van der Waals surface area contributed by atoms with Crippen LogP contribution in [0.3, 0.4) is 0 Å². The minimum atomic E-state index is 0.693. The van der Waals surface area contributed by atoms with Gasteiger partial charge in [-0.05, 0) is 30.7 Å². The fourth-order valence-corrected chi connectivity index (χ4v) is 3.97. The number of rotatable bonds is 4. The number of nitrogens with one attached hydrogen (secondary N) is 1. The Labute approximate surface area is 149 Å². The van der Waals surface area contributed by atoms with Crippen molar-refractivity contribution in [1.82, 2.24) is 25.0 Å². The van der Waals surface area contributed by atoms with E-state index in [1.165, 1.54) is 18.4 Å². The lowest BCUT2D eigenvalue weighted by molar-refractivity contribution is 0.458. The van der Waals surface area contributed by atoms with Gasteiger partial charge in [0.1, 0.15) is 5.82 Å². The fraction of sp³-hybridized carbons (Fsp3) is 0.526. The van der Waals surface area contributed by atoms with Crippen LogP contribution in [0, 0.1) is 5.92 Å². The third-order valence-corrected chi connectivity index (χ3v) is 5.26. The first-order valence-electron chi connectivity index (χ1n) is 9.24. The number of hydrogen-bond acceptors (Lipinski definition) is 3. The molecule has 0 bridgehead atoms. The molecule has 1 aromatic carbocycles. The van der Waals surface area contributed by atoms with E-state index in [1.807, 2.05) is 7.05 Å². The maximum atomic E-state index is 4.48. The molecule has 6 heteroatoms. The van der Waals surface area contributed by atoms with Gasteiger partial charge in [0.05, 0.1) is 6.54 Å². The van der Waals surface area contributed by atoms with Crippen LogP contribution in [-0.2, 0) is 25.9 Å². The Morgan fingerprint density at radius 3 is 2.96 bits per heavy atom. The predicted molar refractivity (Wildman–Crippen MR) is 98.4 cm³/mol. The summed E-state index contributed by atoms with van der Waals surface area (Å²) in [7, 11) is 1.86. The van der Waals surface area contributed by atoms with Crippen molar-refractivity contribution < 1.29 is 0 Å². The van der Waals surface area contributed by atoms with E-state index in [-0.39, 0.29) is 0 Å². The molecule has 6 nitrogen and oxygen atoms in total. The summed E-state index contributed by atoms with van der Waals surface area (Å²) in [5, 5.41) is 12.1. The summed E-state index contributed by atoms with van der Waals surface area (Å²) in [4.78, 5) is 6.85. The van der Waals surface area contributed by atoms with Gasteiger partial charge < -0.3 is 14.8 Å². The van der Waals surface area contributed by atoms with Crippen molar-refractivity contribution in [1.29, 1.82) is 0 Å². The Morgan fingerprint density at radius 2 is 2.12 bits per heavy atom.